The molecule has 0 aliphatic carbocycles. The first kappa shape index (κ1) is 13.5. The van der Waals surface area contributed by atoms with E-state index in [1.807, 2.05) is 6.92 Å². The van der Waals surface area contributed by atoms with Gasteiger partial charge in [0.25, 0.3) is 5.91 Å². The highest BCUT2D eigenvalue weighted by molar-refractivity contribution is 6.31. The monoisotopic (exact) mass is 253 g/mol. The van der Waals surface area contributed by atoms with Crippen molar-refractivity contribution in [3.63, 3.8) is 0 Å². The Hall–Kier alpha value is -1.53. The summed E-state index contributed by atoms with van der Waals surface area (Å²) >= 11 is 5.63. The van der Waals surface area contributed by atoms with E-state index in [1.165, 1.54) is 17.0 Å². The summed E-state index contributed by atoms with van der Waals surface area (Å²) in [5, 5.41) is -0.0620. The van der Waals surface area contributed by atoms with Crippen molar-refractivity contribution < 1.29 is 9.18 Å². The number of hydrogen-bond acceptors (Lipinski definition) is 1. The molecule has 0 saturated carbocycles. The van der Waals surface area contributed by atoms with Gasteiger partial charge in [-0.15, -0.1) is 6.42 Å². The summed E-state index contributed by atoms with van der Waals surface area (Å²) in [6.45, 7) is 2.58. The van der Waals surface area contributed by atoms with Crippen LogP contribution in [0.25, 0.3) is 0 Å². The number of rotatable bonds is 4. The van der Waals surface area contributed by atoms with Gasteiger partial charge in [-0.2, -0.15) is 0 Å². The van der Waals surface area contributed by atoms with Gasteiger partial charge in [-0.3, -0.25) is 4.79 Å². The summed E-state index contributed by atoms with van der Waals surface area (Å²) in [5.41, 5.74) is -0.0406. The molecule has 2 nitrogen and oxygen atoms in total. The van der Waals surface area contributed by atoms with Crippen molar-refractivity contribution in [2.75, 3.05) is 13.1 Å². The fourth-order valence-electron chi connectivity index (χ4n) is 1.47. The van der Waals surface area contributed by atoms with Crippen LogP contribution in [0.5, 0.6) is 0 Å². The summed E-state index contributed by atoms with van der Waals surface area (Å²) in [7, 11) is 0. The lowest BCUT2D eigenvalue weighted by Gasteiger charge is -2.19. The summed E-state index contributed by atoms with van der Waals surface area (Å²) < 4.78 is 13.7. The Labute approximate surface area is 105 Å². The Morgan fingerprint density at radius 1 is 1.59 bits per heavy atom. The molecular weight excluding hydrogens is 241 g/mol. The molecule has 0 radical (unpaired) electrons. The van der Waals surface area contributed by atoms with Gasteiger partial charge in [0.05, 0.1) is 17.1 Å². The minimum absolute atomic E-state index is 0.0406. The second kappa shape index (κ2) is 6.27. The molecule has 0 spiro atoms. The van der Waals surface area contributed by atoms with E-state index in [4.69, 9.17) is 18.0 Å². The topological polar surface area (TPSA) is 20.3 Å². The van der Waals surface area contributed by atoms with E-state index in [0.717, 1.165) is 6.42 Å². The van der Waals surface area contributed by atoms with Gasteiger partial charge < -0.3 is 4.90 Å². The first-order valence-corrected chi connectivity index (χ1v) is 5.66. The third-order valence-corrected chi connectivity index (χ3v) is 2.54. The van der Waals surface area contributed by atoms with Crippen LogP contribution in [0.3, 0.4) is 0 Å². The van der Waals surface area contributed by atoms with Gasteiger partial charge >= 0.3 is 0 Å². The highest BCUT2D eigenvalue weighted by Gasteiger charge is 2.19. The summed E-state index contributed by atoms with van der Waals surface area (Å²) in [5.74, 6) is 1.26. The summed E-state index contributed by atoms with van der Waals surface area (Å²) in [4.78, 5) is 13.5. The lowest BCUT2D eigenvalue weighted by molar-refractivity contribution is 0.0772. The zero-order chi connectivity index (χ0) is 12.8. The van der Waals surface area contributed by atoms with Crippen LogP contribution in [0.2, 0.25) is 5.02 Å². The van der Waals surface area contributed by atoms with E-state index in [1.54, 1.807) is 6.07 Å². The SMILES string of the molecule is C#CCN(CCC)C(=O)c1cccc(Cl)c1F. The van der Waals surface area contributed by atoms with Crippen LogP contribution in [-0.4, -0.2) is 23.9 Å². The van der Waals surface area contributed by atoms with Crippen LogP contribution in [0.15, 0.2) is 18.2 Å². The van der Waals surface area contributed by atoms with Crippen LogP contribution < -0.4 is 0 Å². The van der Waals surface area contributed by atoms with Crippen LogP contribution in [0.4, 0.5) is 4.39 Å². The Bertz CT molecular complexity index is 453. The number of amides is 1. The molecule has 0 fully saturated rings. The zero-order valence-electron chi connectivity index (χ0n) is 9.54. The molecule has 1 aromatic rings. The second-order valence-corrected chi connectivity index (χ2v) is 3.94. The minimum atomic E-state index is -0.697. The Kier molecular flexibility index (Phi) is 4.99. The van der Waals surface area contributed by atoms with Gasteiger partial charge in [0, 0.05) is 6.54 Å². The third-order valence-electron chi connectivity index (χ3n) is 2.24. The highest BCUT2D eigenvalue weighted by Crippen LogP contribution is 2.19. The molecule has 0 heterocycles. The fourth-order valence-corrected chi connectivity index (χ4v) is 1.65. The molecule has 1 aromatic carbocycles. The number of benzene rings is 1. The quantitative estimate of drug-likeness (QED) is 0.756. The molecule has 17 heavy (non-hydrogen) atoms. The lowest BCUT2D eigenvalue weighted by Crippen LogP contribution is -2.32. The maximum atomic E-state index is 13.7. The average molecular weight is 254 g/mol. The fraction of sp³-hybridized carbons (Fsp3) is 0.308. The van der Waals surface area contributed by atoms with E-state index >= 15 is 0 Å². The molecule has 0 aliphatic rings. The van der Waals surface area contributed by atoms with E-state index in [9.17, 15) is 9.18 Å². The molecule has 0 saturated heterocycles. The number of halogens is 2. The van der Waals surface area contributed by atoms with Crippen LogP contribution in [0, 0.1) is 18.2 Å². The molecule has 90 valence electrons. The minimum Gasteiger partial charge on any atom is -0.327 e. The molecule has 0 N–H and O–H groups in total. The predicted molar refractivity (Wildman–Crippen MR) is 66.4 cm³/mol. The van der Waals surface area contributed by atoms with Gasteiger partial charge in [0.2, 0.25) is 0 Å². The van der Waals surface area contributed by atoms with Crippen LogP contribution in [0.1, 0.15) is 23.7 Å². The van der Waals surface area contributed by atoms with E-state index in [0.29, 0.717) is 6.54 Å². The second-order valence-electron chi connectivity index (χ2n) is 3.53. The van der Waals surface area contributed by atoms with Gasteiger partial charge in [-0.25, -0.2) is 4.39 Å². The summed E-state index contributed by atoms with van der Waals surface area (Å²) in [6.07, 6.45) is 5.94. The predicted octanol–water partition coefficient (Wildman–Crippen LogP) is 2.96. The largest absolute Gasteiger partial charge is 0.327 e. The van der Waals surface area contributed by atoms with E-state index < -0.39 is 11.7 Å². The highest BCUT2D eigenvalue weighted by atomic mass is 35.5. The number of carbonyl (C=O) groups excluding carboxylic acids is 1. The first-order valence-electron chi connectivity index (χ1n) is 5.28. The number of nitrogens with zero attached hydrogens (tertiary/aromatic N) is 1. The van der Waals surface area contributed by atoms with Crippen LogP contribution in [-0.2, 0) is 0 Å². The van der Waals surface area contributed by atoms with Crippen molar-refractivity contribution in [3.8, 4) is 12.3 Å². The van der Waals surface area contributed by atoms with Crippen molar-refractivity contribution in [2.24, 2.45) is 0 Å². The van der Waals surface area contributed by atoms with Crippen molar-refractivity contribution in [1.29, 1.82) is 0 Å². The molecule has 0 bridgehead atoms. The molecule has 1 rings (SSSR count). The van der Waals surface area contributed by atoms with Gasteiger partial charge in [0.15, 0.2) is 5.82 Å². The van der Waals surface area contributed by atoms with E-state index in [2.05, 4.69) is 5.92 Å². The molecular formula is C13H13ClFNO. The zero-order valence-corrected chi connectivity index (χ0v) is 10.3. The van der Waals surface area contributed by atoms with Gasteiger partial charge in [-0.05, 0) is 18.6 Å². The molecule has 1 amide bonds. The average Bonchev–Trinajstić information content (AvgIpc) is 2.31. The maximum absolute atomic E-state index is 13.7. The Morgan fingerprint density at radius 2 is 2.29 bits per heavy atom. The molecule has 0 aromatic heterocycles. The van der Waals surface area contributed by atoms with Crippen LogP contribution >= 0.6 is 11.6 Å². The smallest absolute Gasteiger partial charge is 0.257 e. The molecule has 0 unspecified atom stereocenters. The normalized spacial score (nSPS) is 9.76. The number of hydrogen-bond donors (Lipinski definition) is 0. The van der Waals surface area contributed by atoms with Crippen molar-refractivity contribution in [2.45, 2.75) is 13.3 Å². The number of carbonyl (C=O) groups is 1. The lowest BCUT2D eigenvalue weighted by atomic mass is 10.2. The standard InChI is InChI=1S/C13H13ClFNO/c1-3-8-16(9-4-2)13(17)10-6-5-7-11(14)12(10)15/h1,5-7H,4,8-9H2,2H3. The Morgan fingerprint density at radius 3 is 2.88 bits per heavy atom. The van der Waals surface area contributed by atoms with Gasteiger partial charge in [-0.1, -0.05) is 30.5 Å². The first-order chi connectivity index (χ1) is 8.11. The number of terminal acetylenes is 1. The van der Waals surface area contributed by atoms with Crippen molar-refractivity contribution in [1.82, 2.24) is 4.90 Å². The maximum Gasteiger partial charge on any atom is 0.257 e. The van der Waals surface area contributed by atoms with Gasteiger partial charge in [0.1, 0.15) is 0 Å². The summed E-state index contributed by atoms with van der Waals surface area (Å²) in [6, 6.07) is 4.35. The molecule has 0 aliphatic heterocycles. The van der Waals surface area contributed by atoms with Crippen molar-refractivity contribution >= 4 is 17.5 Å². The molecule has 4 heteroatoms. The van der Waals surface area contributed by atoms with E-state index in [-0.39, 0.29) is 17.1 Å². The molecule has 0 atom stereocenters. The van der Waals surface area contributed by atoms with Crippen molar-refractivity contribution in [3.05, 3.63) is 34.6 Å². The third kappa shape index (κ3) is 3.21. The Balaban J connectivity index is 3.01.